The molecule has 0 bridgehead atoms. The number of ether oxygens (including phenoxy) is 1. The standard InChI is InChI=1S/C18H24F2N6O/c1-13-4-7-26(24-13)16-12-15(25-8-10-27-11-9-25)22-17(23-16)21-14-2-5-18(19,20)6-3-14/h4,7,12,14H,2-3,5-6,8-11H2,1H3,(H,21,22,23). The molecule has 3 heterocycles. The quantitative estimate of drug-likeness (QED) is 0.882. The predicted octanol–water partition coefficient (Wildman–Crippen LogP) is 2.80. The third kappa shape index (κ3) is 4.35. The Morgan fingerprint density at radius 3 is 2.52 bits per heavy atom. The number of halogens is 2. The summed E-state index contributed by atoms with van der Waals surface area (Å²) in [6, 6.07) is 3.77. The lowest BCUT2D eigenvalue weighted by molar-refractivity contribution is -0.0361. The second-order valence-corrected chi connectivity index (χ2v) is 7.18. The van der Waals surface area contributed by atoms with Crippen molar-refractivity contribution >= 4 is 11.8 Å². The van der Waals surface area contributed by atoms with Gasteiger partial charge < -0.3 is 15.0 Å². The van der Waals surface area contributed by atoms with E-state index in [-0.39, 0.29) is 18.9 Å². The van der Waals surface area contributed by atoms with E-state index in [1.165, 1.54) is 0 Å². The molecule has 1 aliphatic heterocycles. The number of rotatable bonds is 4. The molecule has 2 fully saturated rings. The van der Waals surface area contributed by atoms with Gasteiger partial charge in [0.25, 0.3) is 0 Å². The molecule has 1 saturated heterocycles. The largest absolute Gasteiger partial charge is 0.378 e. The van der Waals surface area contributed by atoms with E-state index >= 15 is 0 Å². The maximum absolute atomic E-state index is 13.4. The Kier molecular flexibility index (Phi) is 4.94. The van der Waals surface area contributed by atoms with Crippen molar-refractivity contribution in [2.24, 2.45) is 0 Å². The number of morpholine rings is 1. The van der Waals surface area contributed by atoms with E-state index in [0.29, 0.717) is 37.8 Å². The number of anilines is 2. The Morgan fingerprint density at radius 1 is 1.15 bits per heavy atom. The number of aromatic nitrogens is 4. The van der Waals surface area contributed by atoms with Crippen LogP contribution in [0.1, 0.15) is 31.4 Å². The molecular formula is C18H24F2N6O. The normalized spacial score (nSPS) is 20.6. The molecule has 27 heavy (non-hydrogen) atoms. The highest BCUT2D eigenvalue weighted by molar-refractivity contribution is 5.49. The van der Waals surface area contributed by atoms with Crippen LogP contribution in [0, 0.1) is 6.92 Å². The molecule has 9 heteroatoms. The van der Waals surface area contributed by atoms with E-state index in [0.717, 1.165) is 24.6 Å². The fourth-order valence-electron chi connectivity index (χ4n) is 3.47. The first-order chi connectivity index (χ1) is 13.0. The van der Waals surface area contributed by atoms with Gasteiger partial charge in [-0.1, -0.05) is 0 Å². The van der Waals surface area contributed by atoms with Crippen molar-refractivity contribution in [3.05, 3.63) is 24.0 Å². The molecule has 0 radical (unpaired) electrons. The summed E-state index contributed by atoms with van der Waals surface area (Å²) in [6.07, 6.45) is 2.48. The molecule has 0 amide bonds. The predicted molar refractivity (Wildman–Crippen MR) is 97.7 cm³/mol. The number of alkyl halides is 2. The summed E-state index contributed by atoms with van der Waals surface area (Å²) in [4.78, 5) is 11.4. The van der Waals surface area contributed by atoms with E-state index in [1.807, 2.05) is 25.3 Å². The number of hydrogen-bond acceptors (Lipinski definition) is 6. The molecule has 2 aromatic rings. The highest BCUT2D eigenvalue weighted by atomic mass is 19.3. The lowest BCUT2D eigenvalue weighted by Gasteiger charge is -2.30. The average molecular weight is 378 g/mol. The van der Waals surface area contributed by atoms with E-state index in [9.17, 15) is 8.78 Å². The fourth-order valence-corrected chi connectivity index (χ4v) is 3.47. The second-order valence-electron chi connectivity index (χ2n) is 7.18. The lowest BCUT2D eigenvalue weighted by Crippen LogP contribution is -2.37. The molecule has 146 valence electrons. The lowest BCUT2D eigenvalue weighted by atomic mass is 9.92. The second kappa shape index (κ2) is 7.38. The van der Waals surface area contributed by atoms with Gasteiger partial charge in [-0.2, -0.15) is 15.1 Å². The van der Waals surface area contributed by atoms with Gasteiger partial charge in [0.1, 0.15) is 5.82 Å². The van der Waals surface area contributed by atoms with Gasteiger partial charge in [-0.25, -0.2) is 13.5 Å². The Morgan fingerprint density at radius 2 is 1.85 bits per heavy atom. The average Bonchev–Trinajstić information content (AvgIpc) is 3.10. The van der Waals surface area contributed by atoms with Crippen LogP contribution >= 0.6 is 0 Å². The summed E-state index contributed by atoms with van der Waals surface area (Å²) in [7, 11) is 0. The summed E-state index contributed by atoms with van der Waals surface area (Å²) in [5, 5.41) is 7.69. The van der Waals surface area contributed by atoms with Crippen molar-refractivity contribution in [2.45, 2.75) is 44.6 Å². The van der Waals surface area contributed by atoms with Crippen molar-refractivity contribution < 1.29 is 13.5 Å². The number of hydrogen-bond donors (Lipinski definition) is 1. The van der Waals surface area contributed by atoms with Crippen LogP contribution in [0.5, 0.6) is 0 Å². The van der Waals surface area contributed by atoms with Gasteiger partial charge in [0.05, 0.1) is 18.9 Å². The highest BCUT2D eigenvalue weighted by Gasteiger charge is 2.35. The van der Waals surface area contributed by atoms with Crippen LogP contribution in [-0.4, -0.2) is 58.0 Å². The van der Waals surface area contributed by atoms with Gasteiger partial charge in [-0.3, -0.25) is 0 Å². The molecule has 1 saturated carbocycles. The minimum atomic E-state index is -2.55. The molecule has 1 N–H and O–H groups in total. The third-order valence-corrected chi connectivity index (χ3v) is 5.04. The van der Waals surface area contributed by atoms with Crippen molar-refractivity contribution in [3.63, 3.8) is 0 Å². The molecule has 0 aromatic carbocycles. The Labute approximate surface area is 156 Å². The molecule has 2 aromatic heterocycles. The fraction of sp³-hybridized carbons (Fsp3) is 0.611. The summed E-state index contributed by atoms with van der Waals surface area (Å²) >= 11 is 0. The summed E-state index contributed by atoms with van der Waals surface area (Å²) in [5.74, 6) is -0.646. The molecular weight excluding hydrogens is 354 g/mol. The van der Waals surface area contributed by atoms with Crippen molar-refractivity contribution in [1.82, 2.24) is 19.7 Å². The molecule has 0 unspecified atom stereocenters. The van der Waals surface area contributed by atoms with E-state index < -0.39 is 5.92 Å². The van der Waals surface area contributed by atoms with E-state index in [2.05, 4.69) is 25.3 Å². The zero-order valence-corrected chi connectivity index (χ0v) is 15.4. The number of aryl methyl sites for hydroxylation is 1. The van der Waals surface area contributed by atoms with E-state index in [4.69, 9.17) is 4.74 Å². The monoisotopic (exact) mass is 378 g/mol. The molecule has 0 atom stereocenters. The first kappa shape index (κ1) is 18.1. The van der Waals surface area contributed by atoms with Crippen LogP contribution in [-0.2, 0) is 4.74 Å². The Balaban J connectivity index is 1.59. The van der Waals surface area contributed by atoms with Crippen LogP contribution in [0.2, 0.25) is 0 Å². The third-order valence-electron chi connectivity index (χ3n) is 5.04. The van der Waals surface area contributed by atoms with Crippen LogP contribution in [0.25, 0.3) is 5.82 Å². The Bertz CT molecular complexity index is 780. The van der Waals surface area contributed by atoms with Crippen LogP contribution in [0.15, 0.2) is 18.3 Å². The van der Waals surface area contributed by atoms with Crippen LogP contribution in [0.4, 0.5) is 20.5 Å². The van der Waals surface area contributed by atoms with Crippen molar-refractivity contribution in [1.29, 1.82) is 0 Å². The zero-order valence-electron chi connectivity index (χ0n) is 15.4. The summed E-state index contributed by atoms with van der Waals surface area (Å²) in [5.41, 5.74) is 0.894. The molecule has 2 aliphatic rings. The molecule has 4 rings (SSSR count). The van der Waals surface area contributed by atoms with Crippen molar-refractivity contribution in [3.8, 4) is 5.82 Å². The number of nitrogens with zero attached hydrogens (tertiary/aromatic N) is 5. The molecule has 7 nitrogen and oxygen atoms in total. The maximum Gasteiger partial charge on any atom is 0.248 e. The van der Waals surface area contributed by atoms with Crippen molar-refractivity contribution in [2.75, 3.05) is 36.5 Å². The maximum atomic E-state index is 13.4. The number of nitrogens with one attached hydrogen (secondary N) is 1. The highest BCUT2D eigenvalue weighted by Crippen LogP contribution is 2.34. The topological polar surface area (TPSA) is 68.1 Å². The Hall–Kier alpha value is -2.29. The van der Waals surface area contributed by atoms with Crippen LogP contribution in [0.3, 0.4) is 0 Å². The summed E-state index contributed by atoms with van der Waals surface area (Å²) in [6.45, 7) is 4.73. The smallest absolute Gasteiger partial charge is 0.248 e. The molecule has 1 aliphatic carbocycles. The van der Waals surface area contributed by atoms with Gasteiger partial charge in [-0.15, -0.1) is 0 Å². The first-order valence-electron chi connectivity index (χ1n) is 9.37. The molecule has 0 spiro atoms. The van der Waals surface area contributed by atoms with Crippen LogP contribution < -0.4 is 10.2 Å². The zero-order chi connectivity index (χ0) is 18.9. The van der Waals surface area contributed by atoms with Gasteiger partial charge in [0.15, 0.2) is 5.82 Å². The first-order valence-corrected chi connectivity index (χ1v) is 9.37. The van der Waals surface area contributed by atoms with Gasteiger partial charge in [0, 0.05) is 44.2 Å². The van der Waals surface area contributed by atoms with Gasteiger partial charge >= 0.3 is 0 Å². The summed E-state index contributed by atoms with van der Waals surface area (Å²) < 4.78 is 34.0. The minimum absolute atomic E-state index is 0.0447. The van der Waals surface area contributed by atoms with E-state index in [1.54, 1.807) is 4.68 Å². The van der Waals surface area contributed by atoms with Gasteiger partial charge in [0.2, 0.25) is 11.9 Å². The SMILES string of the molecule is Cc1ccn(-c2cc(N3CCOCC3)nc(NC3CCC(F)(F)CC3)n2)n1. The minimum Gasteiger partial charge on any atom is -0.378 e. The van der Waals surface area contributed by atoms with Gasteiger partial charge in [-0.05, 0) is 25.8 Å².